The number of benzene rings is 4. The quantitative estimate of drug-likeness (QED) is 0.0158. The van der Waals surface area contributed by atoms with Crippen molar-refractivity contribution in [3.8, 4) is 0 Å². The van der Waals surface area contributed by atoms with Crippen molar-refractivity contribution in [1.29, 1.82) is 0 Å². The Kier molecular flexibility index (Phi) is 21.3. The van der Waals surface area contributed by atoms with Crippen LogP contribution in [0.3, 0.4) is 0 Å². The number of rotatable bonds is 25. The first-order valence-electron chi connectivity index (χ1n) is 25.3. The summed E-state index contributed by atoms with van der Waals surface area (Å²) in [6.45, 7) is 2.84. The van der Waals surface area contributed by atoms with Crippen molar-refractivity contribution in [3.63, 3.8) is 0 Å². The largest absolute Gasteiger partial charge is 2.00 e. The molecule has 0 saturated carbocycles. The smallest absolute Gasteiger partial charge is 0.744 e. The van der Waals surface area contributed by atoms with Crippen molar-refractivity contribution in [3.05, 3.63) is 94.7 Å². The van der Waals surface area contributed by atoms with Gasteiger partial charge in [0.1, 0.15) is 10.1 Å². The predicted molar refractivity (Wildman–Crippen MR) is 296 cm³/mol. The number of likely N-dealkylation sites (N-methyl/N-ethyl adjacent to an activating group) is 3. The topological polar surface area (TPSA) is 375 Å². The summed E-state index contributed by atoms with van der Waals surface area (Å²) in [7, 11) is -12.1. The molecule has 0 spiro atoms. The van der Waals surface area contributed by atoms with Crippen LogP contribution in [0.4, 0.5) is 23.3 Å². The molecule has 8 aromatic rings. The molecule has 8 bridgehead atoms. The van der Waals surface area contributed by atoms with Crippen molar-refractivity contribution >= 4 is 107 Å². The van der Waals surface area contributed by atoms with Gasteiger partial charge in [0.05, 0.1) is 62.7 Å². The van der Waals surface area contributed by atoms with Crippen molar-refractivity contribution in [2.45, 2.75) is 38.8 Å². The number of nitrogens with zero attached hydrogens (tertiary/aromatic N) is 9. The molecule has 4 aromatic heterocycles. The number of fused-ring (bicyclic) bond motifs is 20. The van der Waals surface area contributed by atoms with Crippen molar-refractivity contribution in [2.24, 2.45) is 20.0 Å². The summed E-state index contributed by atoms with van der Waals surface area (Å²) in [5.74, 6) is 0.230. The Balaban J connectivity index is 0.00000484. The first kappa shape index (κ1) is 64.7. The van der Waals surface area contributed by atoms with E-state index in [-0.39, 0.29) is 173 Å². The zero-order chi connectivity index (χ0) is 57.1. The second-order valence-corrected chi connectivity index (χ2v) is 25.9. The molecule has 26 nitrogen and oxygen atoms in total. The molecule has 0 fully saturated rings. The molecule has 437 valence electrons. The van der Waals surface area contributed by atoms with Gasteiger partial charge in [0.15, 0.2) is 0 Å². The van der Waals surface area contributed by atoms with E-state index in [0.717, 1.165) is 12.1 Å². The summed E-state index contributed by atoms with van der Waals surface area (Å²) in [6.07, 6.45) is 1.31. The van der Waals surface area contributed by atoms with Crippen LogP contribution in [-0.4, -0.2) is 178 Å². The summed E-state index contributed by atoms with van der Waals surface area (Å²) in [4.78, 5) is 40.0. The predicted octanol–water partition coefficient (Wildman–Crippen LogP) is -3.33. The minimum atomic E-state index is -5.04. The summed E-state index contributed by atoms with van der Waals surface area (Å²) in [6, 6.07) is 16.4. The van der Waals surface area contributed by atoms with Gasteiger partial charge < -0.3 is 74.5 Å². The minimum Gasteiger partial charge on any atom is -0.744 e. The normalized spacial score (nSPS) is 14.8. The number of H-pyrrole nitrogens is 2. The van der Waals surface area contributed by atoms with Gasteiger partial charge in [-0.3, -0.25) is 0 Å². The van der Waals surface area contributed by atoms with Crippen LogP contribution in [0.1, 0.15) is 19.3 Å². The number of hydrogen-bond acceptors (Lipinski definition) is 19. The van der Waals surface area contributed by atoms with Gasteiger partial charge in [-0.05, 0) is 130 Å². The fraction of sp³-hybridized carbons (Fsp3) is 0.360. The third-order valence-corrected chi connectivity index (χ3v) is 18.6. The first-order chi connectivity index (χ1) is 38.1. The van der Waals surface area contributed by atoms with E-state index in [1.807, 2.05) is 21.7 Å². The summed E-state index contributed by atoms with van der Waals surface area (Å²) < 4.78 is 129. The Morgan fingerprint density at radius 2 is 0.720 bits per heavy atom. The van der Waals surface area contributed by atoms with Gasteiger partial charge in [-0.15, -0.1) is 0 Å². The van der Waals surface area contributed by atoms with Crippen molar-refractivity contribution in [1.82, 2.24) is 48.8 Å². The van der Waals surface area contributed by atoms with Crippen LogP contribution in [0.5, 0.6) is 0 Å². The molecule has 9 rings (SSSR count). The Morgan fingerprint density at radius 1 is 0.439 bits per heavy atom. The molecular formula is C50H59CuN14NaO12S4. The molecule has 5 heterocycles. The second kappa shape index (κ2) is 27.0. The van der Waals surface area contributed by atoms with E-state index >= 15 is 0 Å². The first-order valence-corrected chi connectivity index (χ1v) is 31.2. The zero-order valence-corrected chi connectivity index (χ0v) is 51.2. The molecule has 1 aliphatic rings. The molecule has 1 aliphatic heterocycles. The number of aliphatic hydroxyl groups is 3. The van der Waals surface area contributed by atoms with Gasteiger partial charge in [-0.25, -0.2) is 47.8 Å². The molecule has 82 heavy (non-hydrogen) atoms. The number of sulfonamides is 3. The Morgan fingerprint density at radius 3 is 1.05 bits per heavy atom. The van der Waals surface area contributed by atoms with E-state index in [1.165, 1.54) is 60.7 Å². The number of aromatic amines is 2. The average Bonchev–Trinajstić information content (AvgIpc) is 4.33. The summed E-state index contributed by atoms with van der Waals surface area (Å²) in [5, 5.41) is 29.8. The van der Waals surface area contributed by atoms with Crippen molar-refractivity contribution in [2.75, 3.05) is 99.9 Å². The van der Waals surface area contributed by atoms with Gasteiger partial charge in [0.2, 0.25) is 30.1 Å². The van der Waals surface area contributed by atoms with Crippen LogP contribution in [-0.2, 0) is 57.3 Å². The van der Waals surface area contributed by atoms with Crippen LogP contribution >= 0.6 is 0 Å². The monoisotopic (exact) mass is 1260 g/mol. The number of aromatic nitrogens is 4. The average molecular weight is 1260 g/mol. The van der Waals surface area contributed by atoms with Crippen LogP contribution in [0.15, 0.2) is 112 Å². The van der Waals surface area contributed by atoms with Crippen LogP contribution < -0.4 is 75.6 Å². The second-order valence-electron chi connectivity index (χ2n) is 19.2. The Hall–Kier alpha value is -4.84. The molecule has 1 radical (unpaired) electrons. The Bertz CT molecular complexity index is 4390. The maximum Gasteiger partial charge on any atom is 2.00 e. The number of aliphatic hydroxyl groups excluding tert-OH is 3. The molecule has 0 aliphatic carbocycles. The SMILES string of the molecule is CN(CCO)CCCNS(=O)(=O)c1ccc2c3[nH]c(c2c1)/N=c1\[n-]/c(c2cc(S(=O)(=O)[O-])ccc12)=N\c1[nH]c(c2ccc(S(=O)(=O)NCCCN(C)CCO)cc12)/N=c1\[n-]/c(c2ccc(S(=O)(=O)NCCCN(C)CCO)cc12)=N\3.[Cu+2].[Na+]. The van der Waals surface area contributed by atoms with Gasteiger partial charge in [0, 0.05) is 82.8 Å². The maximum atomic E-state index is 13.9. The van der Waals surface area contributed by atoms with Gasteiger partial charge in [0.25, 0.3) is 0 Å². The summed E-state index contributed by atoms with van der Waals surface area (Å²) >= 11 is 0. The minimum absolute atomic E-state index is 0. The van der Waals surface area contributed by atoms with E-state index < -0.39 is 45.1 Å². The fourth-order valence-electron chi connectivity index (χ4n) is 9.13. The van der Waals surface area contributed by atoms with E-state index in [0.29, 0.717) is 74.7 Å². The molecular weight excluding hydrogens is 1200 g/mol. The molecule has 0 amide bonds. The third-order valence-electron chi connectivity index (χ3n) is 13.4. The van der Waals surface area contributed by atoms with E-state index in [1.54, 1.807) is 14.1 Å². The van der Waals surface area contributed by atoms with Crippen LogP contribution in [0.2, 0.25) is 0 Å². The van der Waals surface area contributed by atoms with Crippen LogP contribution in [0.25, 0.3) is 43.1 Å². The third kappa shape index (κ3) is 14.6. The molecule has 4 aromatic carbocycles. The maximum absolute atomic E-state index is 13.9. The van der Waals surface area contributed by atoms with E-state index in [2.05, 4.69) is 24.1 Å². The summed E-state index contributed by atoms with van der Waals surface area (Å²) in [5.41, 5.74) is -0.184. The Labute approximate surface area is 505 Å². The van der Waals surface area contributed by atoms with E-state index in [4.69, 9.17) is 29.9 Å². The standard InChI is InChI=1S/C50H60N14O12S4.Cu.Na/c1-62(21-24-65)18-4-15-51-77(68,69)31-7-11-35-39(27-31)47-55-43(35)54-44-36-12-8-32(78(70,71)52-16-5-19-63(2)22-25-66)28-40(36)48(56-44)58-46-38-14-10-34(80(74,75)76)30-42(38)50(60-46)61-49-41-29-33(9-13-37(41)45(57-47)59-49)79(72,73)53-17-6-20-64(3)23-26-67;;/h7-14,27-30,51-53,65-67H,4-6,15-26H2,1-3H3,(H3-2,54,55,56,57,58,59,60,61,74,75,76);;/q-2;+2;+1/p-1. The molecule has 0 atom stereocenters. The molecule has 0 saturated heterocycles. The molecule has 32 heteroatoms. The van der Waals surface area contributed by atoms with Crippen molar-refractivity contribution < 1.29 is 100 Å². The molecule has 8 N–H and O–H groups in total. The molecule has 0 unspecified atom stereocenters. The zero-order valence-electron chi connectivity index (χ0n) is 45.0. The van der Waals surface area contributed by atoms with Gasteiger partial charge in [-0.2, -0.15) is 0 Å². The van der Waals surface area contributed by atoms with E-state index in [9.17, 15) is 53.5 Å². The van der Waals surface area contributed by atoms with Gasteiger partial charge >= 0.3 is 46.6 Å². The fourth-order valence-corrected chi connectivity index (χ4v) is 12.9. The van der Waals surface area contributed by atoms with Crippen LogP contribution in [0, 0.1) is 0 Å². The van der Waals surface area contributed by atoms with Gasteiger partial charge in [-0.1, -0.05) is 24.3 Å². The number of hydrogen-bond donors (Lipinski definition) is 8. The number of nitrogens with one attached hydrogen (secondary N) is 5.